The van der Waals surface area contributed by atoms with Gasteiger partial charge in [-0.05, 0) is 31.1 Å². The third kappa shape index (κ3) is 7.49. The predicted octanol–water partition coefficient (Wildman–Crippen LogP) is 5.15. The van der Waals surface area contributed by atoms with Gasteiger partial charge in [0.1, 0.15) is 11.7 Å². The number of nitrogens with zero attached hydrogens (tertiary/aromatic N) is 3. The maximum atomic E-state index is 13.8. The molecule has 0 spiro atoms. The van der Waals surface area contributed by atoms with Crippen LogP contribution >= 0.6 is 0 Å². The molecule has 1 unspecified atom stereocenters. The first-order valence-corrected chi connectivity index (χ1v) is 11.9. The molecule has 3 heterocycles. The number of alkyl carbamates (subject to hydrolysis) is 1. The van der Waals surface area contributed by atoms with Crippen molar-refractivity contribution in [1.29, 1.82) is 0 Å². The van der Waals surface area contributed by atoms with Gasteiger partial charge in [0, 0.05) is 38.0 Å². The van der Waals surface area contributed by atoms with Gasteiger partial charge in [0.05, 0.1) is 11.3 Å². The van der Waals surface area contributed by atoms with Crippen molar-refractivity contribution in [3.63, 3.8) is 0 Å². The van der Waals surface area contributed by atoms with Crippen LogP contribution in [0.1, 0.15) is 50.8 Å². The third-order valence-electron chi connectivity index (χ3n) is 5.49. The fraction of sp³-hybridized carbons (Fsp3) is 0.542. The number of anilines is 1. The summed E-state index contributed by atoms with van der Waals surface area (Å²) in [5, 5.41) is 5.37. The summed E-state index contributed by atoms with van der Waals surface area (Å²) in [7, 11) is 0. The molecule has 1 saturated carbocycles. The van der Waals surface area contributed by atoms with Gasteiger partial charge in [-0.3, -0.25) is 5.32 Å². The van der Waals surface area contributed by atoms with E-state index in [9.17, 15) is 26.7 Å². The van der Waals surface area contributed by atoms with E-state index in [1.54, 1.807) is 11.0 Å². The smallest absolute Gasteiger partial charge is 0.416 e. The van der Waals surface area contributed by atoms with Gasteiger partial charge in [0.2, 0.25) is 0 Å². The molecule has 3 aliphatic rings. The number of pyridine rings is 1. The molecular weight excluding hydrogens is 485 g/mol. The first-order valence-electron chi connectivity index (χ1n) is 11.9. The molecule has 1 atom stereocenters. The summed E-state index contributed by atoms with van der Waals surface area (Å²) in [5.74, 6) is -0.137. The Morgan fingerprint density at radius 1 is 1.25 bits per heavy atom. The number of allylic oxidation sites excluding steroid dienone is 2. The molecule has 2 N–H and O–H groups in total. The number of hydrogen-bond donors (Lipinski definition) is 2. The lowest BCUT2D eigenvalue weighted by molar-refractivity contribution is -0.137. The van der Waals surface area contributed by atoms with Crippen molar-refractivity contribution in [2.75, 3.05) is 31.1 Å². The Labute approximate surface area is 206 Å². The zero-order valence-corrected chi connectivity index (χ0v) is 20.2. The van der Waals surface area contributed by atoms with Crippen molar-refractivity contribution in [2.24, 2.45) is 4.99 Å². The van der Waals surface area contributed by atoms with Crippen molar-refractivity contribution in [2.45, 2.75) is 58.2 Å². The topological polar surface area (TPSA) is 78.8 Å². The van der Waals surface area contributed by atoms with Crippen LogP contribution in [0.5, 0.6) is 0 Å². The van der Waals surface area contributed by atoms with E-state index in [4.69, 9.17) is 4.74 Å². The van der Waals surface area contributed by atoms with Gasteiger partial charge >= 0.3 is 12.3 Å². The molecule has 12 heteroatoms. The first kappa shape index (κ1) is 27.6. The quantitative estimate of drug-likeness (QED) is 0.531. The molecule has 4 rings (SSSR count). The van der Waals surface area contributed by atoms with E-state index < -0.39 is 30.4 Å². The average Bonchev–Trinajstić information content (AvgIpc) is 3.73. The van der Waals surface area contributed by atoms with Gasteiger partial charge in [-0.15, -0.1) is 0 Å². The number of halogens is 5. The Morgan fingerprint density at radius 3 is 2.47 bits per heavy atom. The van der Waals surface area contributed by atoms with E-state index in [0.717, 1.165) is 12.1 Å². The molecule has 1 aromatic rings. The monoisotopic (exact) mass is 515 g/mol. The zero-order chi connectivity index (χ0) is 26.3. The molecule has 7 nitrogen and oxygen atoms in total. The molecule has 0 aromatic carbocycles. The molecule has 0 radical (unpaired) electrons. The summed E-state index contributed by atoms with van der Waals surface area (Å²) < 4.78 is 73.3. The number of aromatic nitrogens is 1. The Kier molecular flexibility index (Phi) is 9.41. The lowest BCUT2D eigenvalue weighted by Crippen LogP contribution is -2.47. The maximum absolute atomic E-state index is 13.8. The Bertz CT molecular complexity index is 1010. The number of hydrogen-bond acceptors (Lipinski definition) is 6. The van der Waals surface area contributed by atoms with E-state index in [2.05, 4.69) is 20.6 Å². The number of nitrogens with one attached hydrogen (secondary N) is 2. The van der Waals surface area contributed by atoms with Gasteiger partial charge in [-0.2, -0.15) is 13.2 Å². The SMILES string of the molecule is C1CC1.CC/C=C/N=C1\NC(=O)OC(C(F)F)\C1=C(\C)c1cc(C(F)(F)F)cc(N2CCNCC2)n1. The number of amides is 1. The van der Waals surface area contributed by atoms with E-state index in [-0.39, 0.29) is 28.5 Å². The highest BCUT2D eigenvalue weighted by molar-refractivity contribution is 6.13. The molecule has 2 aliphatic heterocycles. The van der Waals surface area contributed by atoms with E-state index in [0.29, 0.717) is 32.6 Å². The van der Waals surface area contributed by atoms with E-state index >= 15 is 0 Å². The highest BCUT2D eigenvalue weighted by Crippen LogP contribution is 2.35. The molecule has 0 bridgehead atoms. The molecular formula is C24H30F5N5O2. The van der Waals surface area contributed by atoms with Crippen LogP contribution in [0.25, 0.3) is 5.57 Å². The number of carbonyl (C=O) groups excluding carboxylic acids is 1. The van der Waals surface area contributed by atoms with Crippen LogP contribution < -0.4 is 15.5 Å². The summed E-state index contributed by atoms with van der Waals surface area (Å²) in [5.41, 5.74) is -1.36. The second-order valence-corrected chi connectivity index (χ2v) is 8.49. The number of alkyl halides is 5. The highest BCUT2D eigenvalue weighted by atomic mass is 19.4. The van der Waals surface area contributed by atoms with Crippen LogP contribution in [0.3, 0.4) is 0 Å². The minimum atomic E-state index is -4.67. The Hall–Kier alpha value is -3.02. The van der Waals surface area contributed by atoms with Crippen LogP contribution in [0.4, 0.5) is 32.6 Å². The third-order valence-corrected chi connectivity index (χ3v) is 5.49. The fourth-order valence-corrected chi connectivity index (χ4v) is 3.47. The van der Waals surface area contributed by atoms with Crippen LogP contribution in [-0.4, -0.2) is 55.6 Å². The van der Waals surface area contributed by atoms with Gasteiger partial charge < -0.3 is 15.0 Å². The average molecular weight is 516 g/mol. The molecule has 36 heavy (non-hydrogen) atoms. The zero-order valence-electron chi connectivity index (χ0n) is 20.2. The number of rotatable bonds is 5. The molecule has 1 aromatic heterocycles. The largest absolute Gasteiger partial charge is 0.435 e. The summed E-state index contributed by atoms with van der Waals surface area (Å²) in [6, 6.07) is 1.74. The number of piperazine rings is 1. The molecule has 1 amide bonds. The second-order valence-electron chi connectivity index (χ2n) is 8.49. The van der Waals surface area contributed by atoms with Gasteiger partial charge in [-0.25, -0.2) is 23.6 Å². The number of carbonyl (C=O) groups is 1. The Morgan fingerprint density at radius 2 is 1.92 bits per heavy atom. The summed E-state index contributed by atoms with van der Waals surface area (Å²) in [6.07, 6.45) is -2.89. The van der Waals surface area contributed by atoms with Crippen LogP contribution in [0, 0.1) is 0 Å². The van der Waals surface area contributed by atoms with E-state index in [1.807, 2.05) is 6.92 Å². The van der Waals surface area contributed by atoms with E-state index in [1.165, 1.54) is 32.4 Å². The molecule has 198 valence electrons. The standard InChI is InChI=1S/C21H24F5N5O2.C3H6/c1-3-4-5-28-19-16(17(18(22)23)33-20(32)30-19)12(2)14-10-13(21(24,25)26)11-15(29-14)31-8-6-27-7-9-31;1-2-3-1/h4-5,10-11,17-18,27H,3,6-9H2,1-2H3,(H,28,30,32);1-3H2/b5-4+,16-12+;. The highest BCUT2D eigenvalue weighted by Gasteiger charge is 2.39. The second kappa shape index (κ2) is 12.3. The van der Waals surface area contributed by atoms with Crippen LogP contribution in [-0.2, 0) is 10.9 Å². The Balaban J connectivity index is 0.00000112. The van der Waals surface area contributed by atoms with Crippen LogP contribution in [0.2, 0.25) is 0 Å². The van der Waals surface area contributed by atoms with Gasteiger partial charge in [0.15, 0.2) is 6.10 Å². The molecule has 1 aliphatic carbocycles. The van der Waals surface area contributed by atoms with Crippen molar-refractivity contribution >= 4 is 23.3 Å². The number of aliphatic imine (C=N–C) groups is 1. The van der Waals surface area contributed by atoms with Crippen molar-refractivity contribution in [1.82, 2.24) is 15.6 Å². The minimum Gasteiger partial charge on any atom is -0.435 e. The fourth-order valence-electron chi connectivity index (χ4n) is 3.47. The van der Waals surface area contributed by atoms with Crippen molar-refractivity contribution in [3.8, 4) is 0 Å². The van der Waals surface area contributed by atoms with Crippen molar-refractivity contribution < 1.29 is 31.5 Å². The van der Waals surface area contributed by atoms with Gasteiger partial charge in [-0.1, -0.05) is 32.3 Å². The van der Waals surface area contributed by atoms with Crippen molar-refractivity contribution in [3.05, 3.63) is 41.2 Å². The normalized spacial score (nSPS) is 22.8. The lowest BCUT2D eigenvalue weighted by Gasteiger charge is -2.30. The molecule has 3 fully saturated rings. The number of ether oxygens (including phenoxy) is 1. The summed E-state index contributed by atoms with van der Waals surface area (Å²) >= 11 is 0. The predicted molar refractivity (Wildman–Crippen MR) is 127 cm³/mol. The summed E-state index contributed by atoms with van der Waals surface area (Å²) in [4.78, 5) is 21.9. The lowest BCUT2D eigenvalue weighted by atomic mass is 9.97. The minimum absolute atomic E-state index is 0.00793. The summed E-state index contributed by atoms with van der Waals surface area (Å²) in [6.45, 7) is 5.21. The first-order chi connectivity index (χ1) is 17.1. The number of amidine groups is 1. The molecule has 2 saturated heterocycles. The number of cyclic esters (lactones) is 1. The van der Waals surface area contributed by atoms with Gasteiger partial charge in [0.25, 0.3) is 6.43 Å². The van der Waals surface area contributed by atoms with Crippen LogP contribution in [0.15, 0.2) is 35.0 Å². The maximum Gasteiger partial charge on any atom is 0.416 e.